The first kappa shape index (κ1) is 16.7. The topological polar surface area (TPSA) is 49.4 Å². The summed E-state index contributed by atoms with van der Waals surface area (Å²) in [6.45, 7) is 2.71. The molecular formula is C14H20ClFN2O2S. The van der Waals surface area contributed by atoms with Crippen molar-refractivity contribution in [3.8, 4) is 0 Å². The van der Waals surface area contributed by atoms with E-state index in [1.807, 2.05) is 0 Å². The van der Waals surface area contributed by atoms with E-state index in [9.17, 15) is 12.8 Å². The van der Waals surface area contributed by atoms with Crippen molar-refractivity contribution >= 4 is 21.6 Å². The van der Waals surface area contributed by atoms with Gasteiger partial charge in [0.25, 0.3) is 0 Å². The van der Waals surface area contributed by atoms with E-state index in [1.165, 1.54) is 23.5 Å². The second kappa shape index (κ2) is 6.20. The molecule has 1 aromatic carbocycles. The van der Waals surface area contributed by atoms with Gasteiger partial charge in [0.2, 0.25) is 10.0 Å². The number of hydrogen-bond acceptors (Lipinski definition) is 3. The summed E-state index contributed by atoms with van der Waals surface area (Å²) < 4.78 is 40.7. The van der Waals surface area contributed by atoms with Gasteiger partial charge in [0.15, 0.2) is 0 Å². The maximum absolute atomic E-state index is 14.4. The second-order valence-electron chi connectivity index (χ2n) is 5.67. The maximum Gasteiger partial charge on any atom is 0.245 e. The lowest BCUT2D eigenvalue weighted by molar-refractivity contribution is 0.439. The van der Waals surface area contributed by atoms with Gasteiger partial charge in [-0.25, -0.2) is 17.1 Å². The van der Waals surface area contributed by atoms with E-state index in [1.54, 1.807) is 7.05 Å². The van der Waals surface area contributed by atoms with Crippen molar-refractivity contribution < 1.29 is 12.8 Å². The molecule has 0 aromatic heterocycles. The lowest BCUT2D eigenvalue weighted by Crippen LogP contribution is -2.30. The third-order valence-electron chi connectivity index (χ3n) is 3.90. The first-order valence-corrected chi connectivity index (χ1v) is 8.68. The fourth-order valence-corrected chi connectivity index (χ4v) is 4.04. The maximum atomic E-state index is 14.4. The summed E-state index contributed by atoms with van der Waals surface area (Å²) in [6.07, 6.45) is 1.02. The highest BCUT2D eigenvalue weighted by atomic mass is 35.5. The second-order valence-corrected chi connectivity index (χ2v) is 8.12. The minimum Gasteiger partial charge on any atom is -0.316 e. The van der Waals surface area contributed by atoms with E-state index in [-0.39, 0.29) is 22.0 Å². The van der Waals surface area contributed by atoms with Gasteiger partial charge >= 0.3 is 0 Å². The molecule has 0 amide bonds. The van der Waals surface area contributed by atoms with E-state index in [2.05, 4.69) is 12.2 Å². The van der Waals surface area contributed by atoms with Gasteiger partial charge in [-0.15, -0.1) is 0 Å². The average Bonchev–Trinajstić information content (AvgIpc) is 3.09. The Kier molecular flexibility index (Phi) is 4.92. The Bertz CT molecular complexity index is 636. The van der Waals surface area contributed by atoms with Gasteiger partial charge in [-0.05, 0) is 37.4 Å². The van der Waals surface area contributed by atoms with Crippen LogP contribution in [0.15, 0.2) is 17.0 Å². The zero-order valence-corrected chi connectivity index (χ0v) is 13.9. The van der Waals surface area contributed by atoms with Gasteiger partial charge in [-0.1, -0.05) is 18.5 Å². The molecule has 118 valence electrons. The number of nitrogens with one attached hydrogen (secondary N) is 1. The minimum atomic E-state index is -3.87. The lowest BCUT2D eigenvalue weighted by atomic mass is 10.2. The van der Waals surface area contributed by atoms with Crippen LogP contribution in [0.4, 0.5) is 4.39 Å². The average molecular weight is 335 g/mol. The van der Waals surface area contributed by atoms with E-state index in [0.717, 1.165) is 6.42 Å². The minimum absolute atomic E-state index is 0.216. The zero-order chi connectivity index (χ0) is 15.8. The summed E-state index contributed by atoms with van der Waals surface area (Å²) >= 11 is 5.93. The highest BCUT2D eigenvalue weighted by molar-refractivity contribution is 7.89. The quantitative estimate of drug-likeness (QED) is 0.869. The summed E-state index contributed by atoms with van der Waals surface area (Å²) in [5.74, 6) is 0.167. The Labute approximate surface area is 130 Å². The van der Waals surface area contributed by atoms with Gasteiger partial charge in [-0.2, -0.15) is 0 Å². The van der Waals surface area contributed by atoms with Crippen LogP contribution in [0.25, 0.3) is 0 Å². The third kappa shape index (κ3) is 3.56. The Morgan fingerprint density at radius 3 is 2.62 bits per heavy atom. The molecule has 2 rings (SSSR count). The molecule has 1 saturated carbocycles. The molecule has 0 aliphatic heterocycles. The largest absolute Gasteiger partial charge is 0.316 e. The normalized spacial score (nSPS) is 21.8. The Hall–Kier alpha value is -0.690. The molecule has 0 radical (unpaired) electrons. The molecule has 0 bridgehead atoms. The van der Waals surface area contributed by atoms with Crippen LogP contribution in [0.2, 0.25) is 5.02 Å². The highest BCUT2D eigenvalue weighted by Crippen LogP contribution is 2.39. The van der Waals surface area contributed by atoms with Crippen molar-refractivity contribution in [3.63, 3.8) is 0 Å². The summed E-state index contributed by atoms with van der Waals surface area (Å²) in [5, 5.41) is 3.02. The van der Waals surface area contributed by atoms with Gasteiger partial charge in [-0.3, -0.25) is 0 Å². The molecule has 0 heterocycles. The summed E-state index contributed by atoms with van der Waals surface area (Å²) in [4.78, 5) is -0.351. The molecule has 1 fully saturated rings. The number of sulfonamides is 1. The van der Waals surface area contributed by atoms with Crippen LogP contribution >= 0.6 is 11.6 Å². The number of halogens is 2. The van der Waals surface area contributed by atoms with Gasteiger partial charge in [0.1, 0.15) is 10.7 Å². The van der Waals surface area contributed by atoms with Gasteiger partial charge < -0.3 is 5.32 Å². The molecule has 2 unspecified atom stereocenters. The monoisotopic (exact) mass is 334 g/mol. The van der Waals surface area contributed by atoms with Crippen molar-refractivity contribution in [2.24, 2.45) is 11.8 Å². The predicted octanol–water partition coefficient (Wildman–Crippen LogP) is 2.48. The first-order valence-electron chi connectivity index (χ1n) is 6.86. The van der Waals surface area contributed by atoms with Crippen LogP contribution < -0.4 is 5.32 Å². The molecule has 7 heteroatoms. The van der Waals surface area contributed by atoms with Gasteiger partial charge in [0, 0.05) is 30.7 Å². The van der Waals surface area contributed by atoms with Crippen molar-refractivity contribution in [1.82, 2.24) is 9.62 Å². The molecular weight excluding hydrogens is 315 g/mol. The standard InChI is InChI=1S/C14H20ClFN2O2S/c1-9-4-11(9)8-18(3)21(19,20)13-6-12(15)5-10(7-17-2)14(13)16/h5-6,9,11,17H,4,7-8H2,1-3H3. The molecule has 1 aromatic rings. The van der Waals surface area contributed by atoms with Crippen LogP contribution in [0.1, 0.15) is 18.9 Å². The van der Waals surface area contributed by atoms with Crippen molar-refractivity contribution in [3.05, 3.63) is 28.5 Å². The Morgan fingerprint density at radius 1 is 1.48 bits per heavy atom. The highest BCUT2D eigenvalue weighted by Gasteiger charge is 2.37. The summed E-state index contributed by atoms with van der Waals surface area (Å²) in [7, 11) is -0.719. The van der Waals surface area contributed by atoms with E-state index >= 15 is 0 Å². The number of nitrogens with zero attached hydrogens (tertiary/aromatic N) is 1. The zero-order valence-electron chi connectivity index (χ0n) is 12.4. The van der Waals surface area contributed by atoms with Crippen LogP contribution in [0.3, 0.4) is 0 Å². The van der Waals surface area contributed by atoms with Crippen LogP contribution in [-0.2, 0) is 16.6 Å². The third-order valence-corrected chi connectivity index (χ3v) is 5.94. The van der Waals surface area contributed by atoms with Crippen LogP contribution in [0, 0.1) is 17.7 Å². The van der Waals surface area contributed by atoms with Crippen molar-refractivity contribution in [2.75, 3.05) is 20.6 Å². The summed E-state index contributed by atoms with van der Waals surface area (Å²) in [5.41, 5.74) is 0.247. The first-order chi connectivity index (χ1) is 9.77. The predicted molar refractivity (Wildman–Crippen MR) is 81.3 cm³/mol. The molecule has 1 aliphatic rings. The molecule has 21 heavy (non-hydrogen) atoms. The molecule has 4 nitrogen and oxygen atoms in total. The molecule has 0 spiro atoms. The fraction of sp³-hybridized carbons (Fsp3) is 0.571. The molecule has 1 N–H and O–H groups in total. The Morgan fingerprint density at radius 2 is 2.10 bits per heavy atom. The van der Waals surface area contributed by atoms with Crippen LogP contribution in [-0.4, -0.2) is 33.4 Å². The smallest absolute Gasteiger partial charge is 0.245 e. The lowest BCUT2D eigenvalue weighted by Gasteiger charge is -2.18. The number of hydrogen-bond donors (Lipinski definition) is 1. The molecule has 2 atom stereocenters. The number of benzene rings is 1. The van der Waals surface area contributed by atoms with E-state index < -0.39 is 15.8 Å². The van der Waals surface area contributed by atoms with E-state index in [0.29, 0.717) is 18.4 Å². The van der Waals surface area contributed by atoms with Crippen LogP contribution in [0.5, 0.6) is 0 Å². The van der Waals surface area contributed by atoms with Gasteiger partial charge in [0.05, 0.1) is 0 Å². The summed E-state index contributed by atoms with van der Waals surface area (Å²) in [6, 6.07) is 2.62. The SMILES string of the molecule is CNCc1cc(Cl)cc(S(=O)(=O)N(C)CC2CC2C)c1F. The van der Waals surface area contributed by atoms with E-state index in [4.69, 9.17) is 11.6 Å². The Balaban J connectivity index is 2.34. The molecule has 1 aliphatic carbocycles. The van der Waals surface area contributed by atoms with Crippen molar-refractivity contribution in [1.29, 1.82) is 0 Å². The van der Waals surface area contributed by atoms with Crippen molar-refractivity contribution in [2.45, 2.75) is 24.8 Å². The molecule has 0 saturated heterocycles. The fourth-order valence-electron chi connectivity index (χ4n) is 2.37. The number of rotatable bonds is 6.